The van der Waals surface area contributed by atoms with E-state index in [2.05, 4.69) is 11.7 Å². The van der Waals surface area contributed by atoms with Crippen LogP contribution in [0.25, 0.3) is 0 Å². The molecule has 3 atom stereocenters. The van der Waals surface area contributed by atoms with E-state index >= 15 is 0 Å². The molecule has 1 aliphatic rings. The highest BCUT2D eigenvalue weighted by Gasteiger charge is 2.42. The largest absolute Gasteiger partial charge is 0.391 e. The Morgan fingerprint density at radius 3 is 2.39 bits per heavy atom. The highest BCUT2D eigenvalue weighted by molar-refractivity contribution is 5.91. The van der Waals surface area contributed by atoms with Crippen LogP contribution in [0.5, 0.6) is 0 Å². The lowest BCUT2D eigenvalue weighted by Crippen LogP contribution is -2.48. The van der Waals surface area contributed by atoms with E-state index in [9.17, 15) is 14.7 Å². The predicted molar refractivity (Wildman–Crippen MR) is 69.6 cm³/mol. The molecule has 1 fully saturated rings. The van der Waals surface area contributed by atoms with Crippen LogP contribution in [0, 0.1) is 5.41 Å². The fourth-order valence-corrected chi connectivity index (χ4v) is 2.32. The van der Waals surface area contributed by atoms with Gasteiger partial charge in [0.05, 0.1) is 12.1 Å². The molecule has 1 amide bonds. The number of aliphatic imine (C=N–C) groups is 1. The fourth-order valence-electron chi connectivity index (χ4n) is 2.32. The zero-order valence-electron chi connectivity index (χ0n) is 11.5. The molecule has 5 heteroatoms. The van der Waals surface area contributed by atoms with Crippen molar-refractivity contribution in [2.45, 2.75) is 52.3 Å². The third kappa shape index (κ3) is 2.96. The van der Waals surface area contributed by atoms with E-state index in [4.69, 9.17) is 0 Å². The number of ketones is 1. The van der Waals surface area contributed by atoms with Crippen molar-refractivity contribution in [3.8, 4) is 0 Å². The van der Waals surface area contributed by atoms with Gasteiger partial charge in [0.15, 0.2) is 5.78 Å². The van der Waals surface area contributed by atoms with Crippen LogP contribution in [-0.2, 0) is 9.59 Å². The maximum atomic E-state index is 12.4. The lowest BCUT2D eigenvalue weighted by atomic mass is 9.86. The maximum absolute atomic E-state index is 12.4. The van der Waals surface area contributed by atoms with Gasteiger partial charge < -0.3 is 10.0 Å². The van der Waals surface area contributed by atoms with E-state index in [0.29, 0.717) is 6.42 Å². The first-order chi connectivity index (χ1) is 8.18. The van der Waals surface area contributed by atoms with Crippen LogP contribution in [-0.4, -0.2) is 53.1 Å². The van der Waals surface area contributed by atoms with E-state index in [0.717, 1.165) is 0 Å². The molecular weight excluding hydrogens is 232 g/mol. The average molecular weight is 254 g/mol. The van der Waals surface area contributed by atoms with Crippen molar-refractivity contribution in [2.24, 2.45) is 10.4 Å². The molecule has 0 bridgehead atoms. The zero-order chi connectivity index (χ0) is 14.1. The van der Waals surface area contributed by atoms with Crippen molar-refractivity contribution in [1.82, 2.24) is 4.90 Å². The quantitative estimate of drug-likeness (QED) is 0.752. The number of rotatable bonds is 3. The van der Waals surface area contributed by atoms with Gasteiger partial charge in [-0.1, -0.05) is 20.8 Å². The minimum atomic E-state index is -0.631. The number of amides is 1. The van der Waals surface area contributed by atoms with Crippen molar-refractivity contribution < 1.29 is 14.7 Å². The molecule has 0 aromatic rings. The Morgan fingerprint density at radius 2 is 2.00 bits per heavy atom. The smallest absolute Gasteiger partial charge is 0.248 e. The molecule has 1 saturated heterocycles. The van der Waals surface area contributed by atoms with E-state index in [1.54, 1.807) is 0 Å². The SMILES string of the molecule is C=N[C@H](C(=O)N1C[C@H](O)C[C@H]1C(C)=O)C(C)(C)C. The second kappa shape index (κ2) is 5.18. The van der Waals surface area contributed by atoms with Crippen LogP contribution in [0.15, 0.2) is 4.99 Å². The Kier molecular flexibility index (Phi) is 4.27. The Bertz CT molecular complexity index is 360. The number of hydrogen-bond acceptors (Lipinski definition) is 4. The number of β-amino-alcohol motifs (C(OH)–C–C–N with tert-alkyl or cyclic N) is 1. The molecule has 1 N–H and O–H groups in total. The number of carbonyl (C=O) groups excluding carboxylic acids is 2. The van der Waals surface area contributed by atoms with Crippen molar-refractivity contribution >= 4 is 18.4 Å². The standard InChI is InChI=1S/C13H22N2O3/c1-8(16)10-6-9(17)7-15(10)12(18)11(14-5)13(2,3)4/h9-11,17H,5-7H2,1-4H3/t9-,10+,11-/m1/s1. The summed E-state index contributed by atoms with van der Waals surface area (Å²) >= 11 is 0. The first-order valence-corrected chi connectivity index (χ1v) is 6.13. The second-order valence-electron chi connectivity index (χ2n) is 5.96. The molecule has 1 aliphatic heterocycles. The third-order valence-electron chi connectivity index (χ3n) is 3.27. The number of aliphatic hydroxyl groups excluding tert-OH is 1. The molecule has 0 radical (unpaired) electrons. The van der Waals surface area contributed by atoms with E-state index in [-0.39, 0.29) is 23.7 Å². The number of carbonyl (C=O) groups is 2. The van der Waals surface area contributed by atoms with Crippen LogP contribution >= 0.6 is 0 Å². The molecule has 0 aliphatic carbocycles. The topological polar surface area (TPSA) is 70.0 Å². The first-order valence-electron chi connectivity index (χ1n) is 6.13. The fraction of sp³-hybridized carbons (Fsp3) is 0.769. The Hall–Kier alpha value is -1.23. The molecule has 1 rings (SSSR count). The lowest BCUT2D eigenvalue weighted by molar-refractivity contribution is -0.140. The second-order valence-corrected chi connectivity index (χ2v) is 5.96. The molecule has 18 heavy (non-hydrogen) atoms. The van der Waals surface area contributed by atoms with Gasteiger partial charge in [-0.05, 0) is 19.1 Å². The van der Waals surface area contributed by atoms with Gasteiger partial charge in [0.2, 0.25) is 5.91 Å². The minimum absolute atomic E-state index is 0.100. The molecule has 0 spiro atoms. The monoisotopic (exact) mass is 254 g/mol. The summed E-state index contributed by atoms with van der Waals surface area (Å²) in [7, 11) is 0. The Morgan fingerprint density at radius 1 is 1.44 bits per heavy atom. The normalized spacial score (nSPS) is 25.9. The molecule has 0 saturated carbocycles. The van der Waals surface area contributed by atoms with Crippen LogP contribution in [0.1, 0.15) is 34.1 Å². The van der Waals surface area contributed by atoms with Gasteiger partial charge >= 0.3 is 0 Å². The van der Waals surface area contributed by atoms with Crippen molar-refractivity contribution in [2.75, 3.05) is 6.54 Å². The highest BCUT2D eigenvalue weighted by atomic mass is 16.3. The summed E-state index contributed by atoms with van der Waals surface area (Å²) in [6, 6.07) is -1.12. The summed E-state index contributed by atoms with van der Waals surface area (Å²) in [5.74, 6) is -0.328. The number of nitrogens with zero attached hydrogens (tertiary/aromatic N) is 2. The summed E-state index contributed by atoms with van der Waals surface area (Å²) in [6.07, 6.45) is -0.317. The highest BCUT2D eigenvalue weighted by Crippen LogP contribution is 2.27. The van der Waals surface area contributed by atoms with Gasteiger partial charge in [0.1, 0.15) is 6.04 Å². The summed E-state index contributed by atoms with van der Waals surface area (Å²) in [5.41, 5.74) is -0.353. The van der Waals surface area contributed by atoms with Crippen LogP contribution in [0.4, 0.5) is 0 Å². The lowest BCUT2D eigenvalue weighted by Gasteiger charge is -2.32. The molecule has 0 aromatic heterocycles. The number of aliphatic hydroxyl groups is 1. The summed E-state index contributed by atoms with van der Waals surface area (Å²) in [6.45, 7) is 10.8. The molecule has 1 heterocycles. The maximum Gasteiger partial charge on any atom is 0.248 e. The van der Waals surface area contributed by atoms with E-state index in [1.165, 1.54) is 11.8 Å². The number of likely N-dealkylation sites (tertiary alicyclic amines) is 1. The zero-order valence-corrected chi connectivity index (χ0v) is 11.5. The first kappa shape index (κ1) is 14.8. The van der Waals surface area contributed by atoms with Gasteiger partial charge in [0, 0.05) is 13.0 Å². The summed E-state index contributed by atoms with van der Waals surface area (Å²) in [5, 5.41) is 9.63. The van der Waals surface area contributed by atoms with Crippen molar-refractivity contribution in [3.05, 3.63) is 0 Å². The summed E-state index contributed by atoms with van der Waals surface area (Å²) in [4.78, 5) is 29.3. The third-order valence-corrected chi connectivity index (χ3v) is 3.27. The van der Waals surface area contributed by atoms with Crippen LogP contribution in [0.3, 0.4) is 0 Å². The van der Waals surface area contributed by atoms with Gasteiger partial charge in [0.25, 0.3) is 0 Å². The summed E-state index contributed by atoms with van der Waals surface area (Å²) < 4.78 is 0. The molecular formula is C13H22N2O3. The minimum Gasteiger partial charge on any atom is -0.391 e. The molecule has 5 nitrogen and oxygen atoms in total. The predicted octanol–water partition coefficient (Wildman–Crippen LogP) is 0.652. The van der Waals surface area contributed by atoms with Gasteiger partial charge in [-0.25, -0.2) is 0 Å². The number of hydrogen-bond donors (Lipinski definition) is 1. The molecule has 0 unspecified atom stereocenters. The van der Waals surface area contributed by atoms with E-state index < -0.39 is 18.2 Å². The molecule has 0 aromatic carbocycles. The van der Waals surface area contributed by atoms with Crippen molar-refractivity contribution in [1.29, 1.82) is 0 Å². The van der Waals surface area contributed by atoms with Crippen LogP contribution < -0.4 is 0 Å². The van der Waals surface area contributed by atoms with Crippen molar-refractivity contribution in [3.63, 3.8) is 0 Å². The Labute approximate surface area is 108 Å². The average Bonchev–Trinajstić information content (AvgIpc) is 2.59. The number of Topliss-reactive ketones (excluding diaryl/α,β-unsaturated/α-hetero) is 1. The van der Waals surface area contributed by atoms with Gasteiger partial charge in [-0.2, -0.15) is 0 Å². The van der Waals surface area contributed by atoms with Gasteiger partial charge in [-0.15, -0.1) is 0 Å². The van der Waals surface area contributed by atoms with Crippen LogP contribution in [0.2, 0.25) is 0 Å². The molecule has 102 valence electrons. The Balaban J connectivity index is 2.94. The van der Waals surface area contributed by atoms with E-state index in [1.807, 2.05) is 20.8 Å². The van der Waals surface area contributed by atoms with Gasteiger partial charge in [-0.3, -0.25) is 14.6 Å².